The van der Waals surface area contributed by atoms with Gasteiger partial charge in [0.25, 0.3) is 5.91 Å². The van der Waals surface area contributed by atoms with Crippen molar-refractivity contribution in [3.8, 4) is 11.4 Å². The smallest absolute Gasteiger partial charge is 0.416 e. The lowest BCUT2D eigenvalue weighted by Gasteiger charge is -2.15. The van der Waals surface area contributed by atoms with Gasteiger partial charge < -0.3 is 10.1 Å². The number of benzene rings is 2. The van der Waals surface area contributed by atoms with Crippen molar-refractivity contribution in [2.75, 3.05) is 11.9 Å². The minimum absolute atomic E-state index is 0.0265. The zero-order valence-electron chi connectivity index (χ0n) is 14.8. The molecule has 0 aliphatic carbocycles. The summed E-state index contributed by atoms with van der Waals surface area (Å²) in [6, 6.07) is 7.19. The van der Waals surface area contributed by atoms with Gasteiger partial charge in [0.2, 0.25) is 0 Å². The molecule has 0 saturated heterocycles. The van der Waals surface area contributed by atoms with E-state index in [0.29, 0.717) is 17.8 Å². The Labute approximate surface area is 165 Å². The Morgan fingerprint density at radius 1 is 1.00 bits per heavy atom. The van der Waals surface area contributed by atoms with Crippen molar-refractivity contribution in [1.29, 1.82) is 0 Å². The highest BCUT2D eigenvalue weighted by atomic mass is 19.4. The third kappa shape index (κ3) is 5.07. The molecule has 2 aromatic carbocycles. The van der Waals surface area contributed by atoms with E-state index in [2.05, 4.69) is 15.6 Å². The van der Waals surface area contributed by atoms with Gasteiger partial charge in [0.05, 0.1) is 34.9 Å². The van der Waals surface area contributed by atoms with E-state index < -0.39 is 41.7 Å². The van der Waals surface area contributed by atoms with Crippen molar-refractivity contribution < 1.29 is 35.9 Å². The predicted octanol–water partition coefficient (Wildman–Crippen LogP) is 4.32. The molecule has 0 fully saturated rings. The molecule has 0 aliphatic rings. The second kappa shape index (κ2) is 8.05. The molecule has 0 unspecified atom stereocenters. The molecule has 0 aliphatic heterocycles. The van der Waals surface area contributed by atoms with Crippen LogP contribution in [0.4, 0.5) is 32.0 Å². The maximum atomic E-state index is 12.9. The molecule has 1 N–H and O–H groups in total. The number of carbonyl (C=O) groups is 1. The molecule has 1 heterocycles. The van der Waals surface area contributed by atoms with Gasteiger partial charge in [-0.05, 0) is 30.3 Å². The van der Waals surface area contributed by atoms with Crippen molar-refractivity contribution in [1.82, 2.24) is 15.0 Å². The van der Waals surface area contributed by atoms with Crippen LogP contribution in [-0.4, -0.2) is 27.5 Å². The molecular weight excluding hydrogens is 418 g/mol. The summed E-state index contributed by atoms with van der Waals surface area (Å²) in [5, 5.41) is 9.89. The fourth-order valence-corrected chi connectivity index (χ4v) is 2.46. The van der Waals surface area contributed by atoms with Crippen molar-refractivity contribution in [2.45, 2.75) is 12.4 Å². The Bertz CT molecular complexity index is 1000. The van der Waals surface area contributed by atoms with Crippen molar-refractivity contribution in [2.24, 2.45) is 0 Å². The summed E-state index contributed by atoms with van der Waals surface area (Å²) < 4.78 is 83.6. The number of nitrogens with one attached hydrogen (secondary N) is 1. The largest absolute Gasteiger partial charge is 0.484 e. The second-order valence-corrected chi connectivity index (χ2v) is 5.94. The van der Waals surface area contributed by atoms with Crippen LogP contribution in [0.3, 0.4) is 0 Å². The monoisotopic (exact) mass is 430 g/mol. The second-order valence-electron chi connectivity index (χ2n) is 5.94. The van der Waals surface area contributed by atoms with E-state index in [1.807, 2.05) is 0 Å². The Morgan fingerprint density at radius 3 is 2.20 bits per heavy atom. The highest BCUT2D eigenvalue weighted by Gasteiger charge is 2.37. The van der Waals surface area contributed by atoms with Crippen LogP contribution in [-0.2, 0) is 17.1 Å². The fraction of sp³-hybridized carbons (Fsp3) is 0.167. The van der Waals surface area contributed by atoms with Gasteiger partial charge in [0.1, 0.15) is 5.75 Å². The van der Waals surface area contributed by atoms with Crippen LogP contribution in [0.25, 0.3) is 5.69 Å². The summed E-state index contributed by atoms with van der Waals surface area (Å²) in [7, 11) is 0. The number of aromatic nitrogens is 3. The summed E-state index contributed by atoms with van der Waals surface area (Å²) in [5.74, 6) is -1.54. The first-order valence-corrected chi connectivity index (χ1v) is 8.22. The molecule has 0 radical (unpaired) electrons. The molecule has 0 spiro atoms. The van der Waals surface area contributed by atoms with Crippen LogP contribution < -0.4 is 10.1 Å². The quantitative estimate of drug-likeness (QED) is 0.613. The van der Waals surface area contributed by atoms with E-state index in [-0.39, 0.29) is 11.8 Å². The molecule has 1 amide bonds. The topological polar surface area (TPSA) is 69.0 Å². The number of para-hydroxylation sites is 2. The summed E-state index contributed by atoms with van der Waals surface area (Å²) in [6.45, 7) is -0.815. The number of rotatable bonds is 5. The number of nitrogens with zero attached hydrogens (tertiary/aromatic N) is 3. The minimum Gasteiger partial charge on any atom is -0.484 e. The highest BCUT2D eigenvalue weighted by Crippen LogP contribution is 2.38. The Morgan fingerprint density at radius 2 is 1.63 bits per heavy atom. The highest BCUT2D eigenvalue weighted by molar-refractivity contribution is 5.93. The zero-order valence-corrected chi connectivity index (χ0v) is 14.8. The van der Waals surface area contributed by atoms with Gasteiger partial charge in [-0.25, -0.2) is 4.68 Å². The number of amides is 1. The molecule has 0 saturated carbocycles. The lowest BCUT2D eigenvalue weighted by Crippen LogP contribution is -2.21. The molecule has 3 aromatic rings. The van der Waals surface area contributed by atoms with E-state index in [1.54, 1.807) is 18.2 Å². The Kier molecular flexibility index (Phi) is 5.67. The number of alkyl halides is 6. The van der Waals surface area contributed by atoms with Crippen molar-refractivity contribution in [3.05, 3.63) is 66.0 Å². The lowest BCUT2D eigenvalue weighted by atomic mass is 10.1. The predicted molar refractivity (Wildman–Crippen MR) is 91.9 cm³/mol. The van der Waals surface area contributed by atoms with Gasteiger partial charge in [-0.15, -0.1) is 5.10 Å². The van der Waals surface area contributed by atoms with Crippen LogP contribution in [0.5, 0.6) is 5.75 Å². The third-order valence-electron chi connectivity index (χ3n) is 3.78. The average molecular weight is 430 g/mol. The van der Waals surface area contributed by atoms with E-state index in [1.165, 1.54) is 23.1 Å². The first kappa shape index (κ1) is 21.1. The van der Waals surface area contributed by atoms with Crippen LogP contribution >= 0.6 is 0 Å². The van der Waals surface area contributed by atoms with Crippen LogP contribution in [0.2, 0.25) is 0 Å². The fourth-order valence-electron chi connectivity index (χ4n) is 2.46. The summed E-state index contributed by atoms with van der Waals surface area (Å²) in [6.07, 6.45) is -7.10. The molecule has 3 rings (SSSR count). The van der Waals surface area contributed by atoms with E-state index in [9.17, 15) is 31.1 Å². The molecule has 158 valence electrons. The summed E-state index contributed by atoms with van der Waals surface area (Å²) in [4.78, 5) is 12.1. The number of ether oxygens (including phenoxy) is 1. The normalized spacial score (nSPS) is 11.9. The Balaban J connectivity index is 1.76. The molecule has 0 bridgehead atoms. The average Bonchev–Trinajstić information content (AvgIpc) is 3.20. The van der Waals surface area contributed by atoms with E-state index >= 15 is 0 Å². The van der Waals surface area contributed by atoms with Crippen LogP contribution in [0.1, 0.15) is 11.1 Å². The number of hydrogen-bond acceptors (Lipinski definition) is 4. The first-order chi connectivity index (χ1) is 14.0. The van der Waals surface area contributed by atoms with Crippen LogP contribution in [0, 0.1) is 0 Å². The van der Waals surface area contributed by atoms with Gasteiger partial charge in [-0.2, -0.15) is 26.3 Å². The SMILES string of the molecule is O=C(COc1cc(C(F)(F)F)cc(C(F)(F)F)c1)Nc1ccccc1-n1ccnn1. The molecule has 12 heteroatoms. The lowest BCUT2D eigenvalue weighted by molar-refractivity contribution is -0.143. The maximum absolute atomic E-state index is 12.9. The van der Waals surface area contributed by atoms with Crippen LogP contribution in [0.15, 0.2) is 54.9 Å². The number of hydrogen-bond donors (Lipinski definition) is 1. The van der Waals surface area contributed by atoms with Gasteiger partial charge in [-0.3, -0.25) is 4.79 Å². The number of halogens is 6. The van der Waals surface area contributed by atoms with E-state index in [0.717, 1.165) is 0 Å². The van der Waals surface area contributed by atoms with Crippen molar-refractivity contribution in [3.63, 3.8) is 0 Å². The summed E-state index contributed by atoms with van der Waals surface area (Å²) in [5.41, 5.74) is -2.34. The number of anilines is 1. The minimum atomic E-state index is -5.02. The number of carbonyl (C=O) groups excluding carboxylic acids is 1. The summed E-state index contributed by atoms with van der Waals surface area (Å²) >= 11 is 0. The maximum Gasteiger partial charge on any atom is 0.416 e. The zero-order chi connectivity index (χ0) is 21.9. The van der Waals surface area contributed by atoms with Gasteiger partial charge in [-0.1, -0.05) is 17.3 Å². The third-order valence-corrected chi connectivity index (χ3v) is 3.78. The molecule has 6 nitrogen and oxygen atoms in total. The van der Waals surface area contributed by atoms with Gasteiger partial charge >= 0.3 is 12.4 Å². The first-order valence-electron chi connectivity index (χ1n) is 8.22. The molecule has 30 heavy (non-hydrogen) atoms. The molecular formula is C18H12F6N4O2. The standard InChI is InChI=1S/C18H12F6N4O2/c19-17(20,21)11-7-12(18(22,23)24)9-13(8-11)30-10-16(29)26-14-3-1-2-4-15(14)28-6-5-25-27-28/h1-9H,10H2,(H,26,29). The van der Waals surface area contributed by atoms with Gasteiger partial charge in [0, 0.05) is 0 Å². The molecule has 0 atom stereocenters. The Hall–Kier alpha value is -3.57. The molecule has 1 aromatic heterocycles. The van der Waals surface area contributed by atoms with E-state index in [4.69, 9.17) is 4.74 Å². The van der Waals surface area contributed by atoms with Gasteiger partial charge in [0.15, 0.2) is 6.61 Å². The van der Waals surface area contributed by atoms with Crippen molar-refractivity contribution >= 4 is 11.6 Å².